The van der Waals surface area contributed by atoms with Crippen LogP contribution in [0, 0.1) is 5.41 Å². The molecular formula is C28H22N6O2S. The number of ether oxygens (including phenoxy) is 1. The van der Waals surface area contributed by atoms with Crippen LogP contribution in [0.25, 0.3) is 17.0 Å². The topological polar surface area (TPSA) is 95.9 Å². The molecule has 6 rings (SSSR count). The van der Waals surface area contributed by atoms with E-state index in [1.807, 2.05) is 66.9 Å². The van der Waals surface area contributed by atoms with Crippen molar-refractivity contribution in [1.29, 1.82) is 5.41 Å². The smallest absolute Gasteiger partial charge is 0.283 e. The van der Waals surface area contributed by atoms with Crippen molar-refractivity contribution < 1.29 is 9.53 Å². The number of aliphatic imine (C=N–C) groups is 1. The predicted octanol–water partition coefficient (Wildman–Crippen LogP) is 5.17. The van der Waals surface area contributed by atoms with Gasteiger partial charge in [-0.25, -0.2) is 0 Å². The first-order valence-electron chi connectivity index (χ1n) is 11.8. The summed E-state index contributed by atoms with van der Waals surface area (Å²) in [7, 11) is 0. The van der Waals surface area contributed by atoms with E-state index < -0.39 is 5.91 Å². The summed E-state index contributed by atoms with van der Waals surface area (Å²) in [5, 5.41) is 16.7. The summed E-state index contributed by atoms with van der Waals surface area (Å²) in [5.41, 5.74) is 2.93. The highest BCUT2D eigenvalue weighted by molar-refractivity contribution is 8.27. The lowest BCUT2D eigenvalue weighted by atomic mass is 10.1. The van der Waals surface area contributed by atoms with Gasteiger partial charge < -0.3 is 9.30 Å². The Hall–Kier alpha value is -4.50. The van der Waals surface area contributed by atoms with E-state index in [9.17, 15) is 4.79 Å². The van der Waals surface area contributed by atoms with Crippen LogP contribution in [0.3, 0.4) is 0 Å². The number of hydrogen-bond donors (Lipinski definition) is 1. The molecular weight excluding hydrogens is 484 g/mol. The minimum absolute atomic E-state index is 0.00878. The first kappa shape index (κ1) is 22.9. The van der Waals surface area contributed by atoms with Crippen molar-refractivity contribution in [2.45, 2.75) is 13.0 Å². The molecule has 0 fully saturated rings. The Bertz CT molecular complexity index is 1590. The summed E-state index contributed by atoms with van der Waals surface area (Å²) >= 11 is 1.26. The molecule has 2 aliphatic heterocycles. The first-order valence-corrected chi connectivity index (χ1v) is 12.7. The van der Waals surface area contributed by atoms with Gasteiger partial charge in [0.1, 0.15) is 10.8 Å². The number of amidine groups is 2. The standard InChI is InChI=1S/C28H22N6O2S/c29-25-23(26(35)31-28-34(25)32-27(37-28)19-8-6-13-30-17-19)16-20-18-33(24-12-5-4-11-22(20)24)14-7-15-36-21-9-2-1-3-10-21/h1-6,8-13,16-18,29H,7,14-15H2/b23-16-,29-25?. The van der Waals surface area contributed by atoms with Gasteiger partial charge in [0.25, 0.3) is 5.91 Å². The zero-order valence-electron chi connectivity index (χ0n) is 19.7. The van der Waals surface area contributed by atoms with Gasteiger partial charge in [-0.3, -0.25) is 15.2 Å². The van der Waals surface area contributed by atoms with Gasteiger partial charge in [0.05, 0.1) is 12.2 Å². The maximum absolute atomic E-state index is 13.0. The monoisotopic (exact) mass is 506 g/mol. The van der Waals surface area contributed by atoms with Crippen LogP contribution in [0.2, 0.25) is 0 Å². The molecule has 0 aliphatic carbocycles. The van der Waals surface area contributed by atoms with Crippen LogP contribution in [0.15, 0.2) is 101 Å². The third kappa shape index (κ3) is 4.56. The fraction of sp³-hybridized carbons (Fsp3) is 0.107. The summed E-state index contributed by atoms with van der Waals surface area (Å²) < 4.78 is 8.00. The quantitative estimate of drug-likeness (QED) is 0.275. The van der Waals surface area contributed by atoms with E-state index in [1.54, 1.807) is 18.5 Å². The minimum atomic E-state index is -0.445. The lowest BCUT2D eigenvalue weighted by Gasteiger charge is -2.20. The van der Waals surface area contributed by atoms with Crippen molar-refractivity contribution in [3.63, 3.8) is 0 Å². The molecule has 2 aromatic heterocycles. The lowest BCUT2D eigenvalue weighted by Crippen LogP contribution is -2.35. The summed E-state index contributed by atoms with van der Waals surface area (Å²) in [6.07, 6.45) is 7.97. The number of benzene rings is 2. The molecule has 4 aromatic rings. The Morgan fingerprint density at radius 3 is 2.70 bits per heavy atom. The number of para-hydroxylation sites is 2. The van der Waals surface area contributed by atoms with Gasteiger partial charge in [-0.05, 0) is 54.6 Å². The van der Waals surface area contributed by atoms with Crippen LogP contribution in [0.5, 0.6) is 5.75 Å². The van der Waals surface area contributed by atoms with E-state index in [-0.39, 0.29) is 11.4 Å². The number of nitrogens with zero attached hydrogens (tertiary/aromatic N) is 5. The van der Waals surface area contributed by atoms with E-state index in [0.717, 1.165) is 40.7 Å². The molecule has 182 valence electrons. The lowest BCUT2D eigenvalue weighted by molar-refractivity contribution is -0.114. The molecule has 2 aliphatic rings. The summed E-state index contributed by atoms with van der Waals surface area (Å²) in [6, 6.07) is 21.5. The van der Waals surface area contributed by atoms with Crippen molar-refractivity contribution in [2.24, 2.45) is 10.1 Å². The maximum atomic E-state index is 13.0. The highest BCUT2D eigenvalue weighted by Crippen LogP contribution is 2.32. The number of nitrogens with one attached hydrogen (secondary N) is 1. The maximum Gasteiger partial charge on any atom is 0.283 e. The van der Waals surface area contributed by atoms with Gasteiger partial charge in [-0.15, -0.1) is 0 Å². The molecule has 4 heterocycles. The molecule has 37 heavy (non-hydrogen) atoms. The number of amides is 1. The number of pyridine rings is 1. The zero-order valence-corrected chi connectivity index (χ0v) is 20.6. The molecule has 0 atom stereocenters. The second-order valence-electron chi connectivity index (χ2n) is 8.48. The number of hydrogen-bond acceptors (Lipinski definition) is 6. The second-order valence-corrected chi connectivity index (χ2v) is 9.43. The zero-order chi connectivity index (χ0) is 25.2. The number of fused-ring (bicyclic) bond motifs is 2. The molecule has 0 saturated heterocycles. The number of thioether (sulfide) groups is 1. The van der Waals surface area contributed by atoms with Crippen molar-refractivity contribution in [3.8, 4) is 5.75 Å². The predicted molar refractivity (Wildman–Crippen MR) is 147 cm³/mol. The molecule has 0 unspecified atom stereocenters. The van der Waals surface area contributed by atoms with Crippen molar-refractivity contribution in [1.82, 2.24) is 14.6 Å². The van der Waals surface area contributed by atoms with Crippen molar-refractivity contribution in [2.75, 3.05) is 6.61 Å². The number of aryl methyl sites for hydroxylation is 1. The Morgan fingerprint density at radius 1 is 1.03 bits per heavy atom. The van der Waals surface area contributed by atoms with Crippen LogP contribution >= 0.6 is 11.8 Å². The van der Waals surface area contributed by atoms with E-state index >= 15 is 0 Å². The fourth-order valence-electron chi connectivity index (χ4n) is 4.27. The summed E-state index contributed by atoms with van der Waals surface area (Å²) in [6.45, 7) is 1.35. The van der Waals surface area contributed by atoms with Gasteiger partial charge in [-0.1, -0.05) is 36.4 Å². The van der Waals surface area contributed by atoms with Gasteiger partial charge in [0.2, 0.25) is 5.17 Å². The number of carbonyl (C=O) groups is 1. The Labute approximate surface area is 217 Å². The van der Waals surface area contributed by atoms with E-state index in [2.05, 4.69) is 25.7 Å². The van der Waals surface area contributed by atoms with Crippen LogP contribution in [-0.2, 0) is 11.3 Å². The average Bonchev–Trinajstić information content (AvgIpc) is 3.52. The number of carbonyl (C=O) groups excluding carboxylic acids is 1. The molecule has 0 radical (unpaired) electrons. The van der Waals surface area contributed by atoms with Crippen LogP contribution in [-0.4, -0.2) is 43.1 Å². The molecule has 8 nitrogen and oxygen atoms in total. The summed E-state index contributed by atoms with van der Waals surface area (Å²) in [5.74, 6) is 0.419. The van der Waals surface area contributed by atoms with Gasteiger partial charge in [0.15, 0.2) is 5.84 Å². The summed E-state index contributed by atoms with van der Waals surface area (Å²) in [4.78, 5) is 21.3. The number of aromatic nitrogens is 2. The highest BCUT2D eigenvalue weighted by Gasteiger charge is 2.36. The van der Waals surface area contributed by atoms with E-state index in [1.165, 1.54) is 16.8 Å². The normalized spacial score (nSPS) is 16.2. The fourth-order valence-corrected chi connectivity index (χ4v) is 5.15. The molecule has 0 bridgehead atoms. The van der Waals surface area contributed by atoms with Crippen molar-refractivity contribution in [3.05, 3.63) is 102 Å². The molecule has 9 heteroatoms. The van der Waals surface area contributed by atoms with Crippen molar-refractivity contribution >= 4 is 50.7 Å². The third-order valence-corrected chi connectivity index (χ3v) is 7.00. The number of hydrazone groups is 1. The Morgan fingerprint density at radius 2 is 1.86 bits per heavy atom. The first-order chi connectivity index (χ1) is 18.2. The Kier molecular flexibility index (Phi) is 6.11. The van der Waals surface area contributed by atoms with E-state index in [0.29, 0.717) is 16.8 Å². The largest absolute Gasteiger partial charge is 0.494 e. The van der Waals surface area contributed by atoms with Crippen LogP contribution in [0.1, 0.15) is 17.5 Å². The van der Waals surface area contributed by atoms with Gasteiger partial charge in [0, 0.05) is 47.2 Å². The molecule has 0 saturated carbocycles. The minimum Gasteiger partial charge on any atom is -0.494 e. The average molecular weight is 507 g/mol. The van der Waals surface area contributed by atoms with Gasteiger partial charge >= 0.3 is 0 Å². The molecule has 1 N–H and O–H groups in total. The van der Waals surface area contributed by atoms with Gasteiger partial charge in [-0.2, -0.15) is 15.1 Å². The molecule has 1 amide bonds. The highest BCUT2D eigenvalue weighted by atomic mass is 32.2. The van der Waals surface area contributed by atoms with E-state index in [4.69, 9.17) is 10.1 Å². The van der Waals surface area contributed by atoms with Crippen LogP contribution < -0.4 is 4.74 Å². The molecule has 0 spiro atoms. The van der Waals surface area contributed by atoms with Crippen LogP contribution in [0.4, 0.5) is 0 Å². The molecule has 2 aromatic carbocycles. The SMILES string of the molecule is N=C1/C(=C/c2cn(CCCOc3ccccc3)c3ccccc23)C(=O)N=C2SC(c3cccnc3)=NN12. The second kappa shape index (κ2) is 9.87. The Balaban J connectivity index is 1.25. The number of rotatable bonds is 7. The third-order valence-electron chi connectivity index (χ3n) is 6.04.